The van der Waals surface area contributed by atoms with Crippen molar-refractivity contribution in [3.63, 3.8) is 0 Å². The Morgan fingerprint density at radius 2 is 2.00 bits per heavy atom. The predicted molar refractivity (Wildman–Crippen MR) is 52.4 cm³/mol. The van der Waals surface area contributed by atoms with E-state index in [0.29, 0.717) is 10.3 Å². The van der Waals surface area contributed by atoms with Crippen molar-refractivity contribution in [3.05, 3.63) is 10.0 Å². The van der Waals surface area contributed by atoms with Gasteiger partial charge in [-0.15, -0.1) is 0 Å². The first-order chi connectivity index (χ1) is 5.45. The Bertz CT molecular complexity index is 277. The Labute approximate surface area is 81.5 Å². The Morgan fingerprint density at radius 3 is 2.25 bits per heavy atom. The molecule has 1 aromatic heterocycles. The van der Waals surface area contributed by atoms with E-state index in [-0.39, 0.29) is 5.41 Å². The molecule has 0 aliphatic heterocycles. The lowest BCUT2D eigenvalue weighted by atomic mass is 9.95. The fourth-order valence-corrected chi connectivity index (χ4v) is 2.19. The van der Waals surface area contributed by atoms with Gasteiger partial charge in [-0.1, -0.05) is 43.7 Å². The fourth-order valence-electron chi connectivity index (χ4n) is 0.833. The molecule has 0 unspecified atom stereocenters. The smallest absolute Gasteiger partial charge is 0.274 e. The largest absolute Gasteiger partial charge is 0.473 e. The summed E-state index contributed by atoms with van der Waals surface area (Å²) in [6, 6.07) is 0. The van der Waals surface area contributed by atoms with Crippen LogP contribution in [0, 0.1) is 0 Å². The zero-order valence-corrected chi connectivity index (χ0v) is 9.21. The van der Waals surface area contributed by atoms with Gasteiger partial charge in [0, 0.05) is 0 Å². The molecule has 0 bridgehead atoms. The minimum atomic E-state index is 0.0472. The summed E-state index contributed by atoms with van der Waals surface area (Å²) in [5, 5.41) is 1.19. The van der Waals surface area contributed by atoms with E-state index in [4.69, 9.17) is 16.3 Å². The van der Waals surface area contributed by atoms with Crippen molar-refractivity contribution in [1.29, 1.82) is 0 Å². The Kier molecular flexibility index (Phi) is 2.64. The summed E-state index contributed by atoms with van der Waals surface area (Å²) < 4.78 is 4.99. The molecule has 0 aliphatic rings. The lowest BCUT2D eigenvalue weighted by molar-refractivity contribution is 0.412. The topological polar surface area (TPSA) is 22.1 Å². The number of ether oxygens (including phenoxy) is 1. The van der Waals surface area contributed by atoms with Crippen molar-refractivity contribution in [2.24, 2.45) is 0 Å². The summed E-state index contributed by atoms with van der Waals surface area (Å²) in [7, 11) is 1.60. The maximum atomic E-state index is 5.93. The second-order valence-corrected chi connectivity index (χ2v) is 4.87. The molecule has 0 saturated heterocycles. The van der Waals surface area contributed by atoms with Crippen LogP contribution in [0.2, 0.25) is 5.15 Å². The van der Waals surface area contributed by atoms with Crippen molar-refractivity contribution in [1.82, 2.24) is 4.98 Å². The van der Waals surface area contributed by atoms with Gasteiger partial charge in [0.2, 0.25) is 0 Å². The average Bonchev–Trinajstić information content (AvgIpc) is 2.29. The van der Waals surface area contributed by atoms with Crippen molar-refractivity contribution in [3.8, 4) is 5.19 Å². The van der Waals surface area contributed by atoms with Crippen LogP contribution >= 0.6 is 22.9 Å². The van der Waals surface area contributed by atoms with E-state index >= 15 is 0 Å². The third kappa shape index (κ3) is 1.90. The van der Waals surface area contributed by atoms with Crippen molar-refractivity contribution < 1.29 is 4.74 Å². The molecule has 4 heteroatoms. The van der Waals surface area contributed by atoms with Gasteiger partial charge in [0.15, 0.2) is 0 Å². The van der Waals surface area contributed by atoms with E-state index in [1.54, 1.807) is 7.11 Å². The van der Waals surface area contributed by atoms with Gasteiger partial charge in [-0.05, 0) is 5.41 Å². The Balaban J connectivity index is 3.08. The monoisotopic (exact) mass is 205 g/mol. The first kappa shape index (κ1) is 9.81. The van der Waals surface area contributed by atoms with Crippen LogP contribution in [-0.2, 0) is 5.41 Å². The van der Waals surface area contributed by atoms with Crippen LogP contribution in [0.4, 0.5) is 0 Å². The second kappa shape index (κ2) is 3.23. The summed E-state index contributed by atoms with van der Waals surface area (Å²) >= 11 is 7.43. The number of methoxy groups -OCH3 is 1. The van der Waals surface area contributed by atoms with Crippen LogP contribution in [0.3, 0.4) is 0 Å². The fraction of sp³-hybridized carbons (Fsp3) is 0.625. The minimum Gasteiger partial charge on any atom is -0.473 e. The molecule has 0 N–H and O–H groups in total. The van der Waals surface area contributed by atoms with Crippen LogP contribution in [0.15, 0.2) is 0 Å². The maximum Gasteiger partial charge on any atom is 0.274 e. The number of thiazole rings is 1. The number of rotatable bonds is 1. The van der Waals surface area contributed by atoms with E-state index in [1.807, 2.05) is 0 Å². The predicted octanol–water partition coefficient (Wildman–Crippen LogP) is 3.10. The van der Waals surface area contributed by atoms with Crippen molar-refractivity contribution in [2.45, 2.75) is 26.2 Å². The highest BCUT2D eigenvalue weighted by Gasteiger charge is 2.22. The molecule has 1 aromatic rings. The number of hydrogen-bond donors (Lipinski definition) is 0. The van der Waals surface area contributed by atoms with Crippen LogP contribution in [0.25, 0.3) is 0 Å². The molecule has 0 amide bonds. The first-order valence-electron chi connectivity index (χ1n) is 3.66. The van der Waals surface area contributed by atoms with Crippen LogP contribution in [0.5, 0.6) is 5.19 Å². The average molecular weight is 206 g/mol. The summed E-state index contributed by atoms with van der Waals surface area (Å²) in [5.41, 5.74) is 0.0472. The van der Waals surface area contributed by atoms with Crippen LogP contribution < -0.4 is 4.74 Å². The molecule has 0 atom stereocenters. The van der Waals surface area contributed by atoms with E-state index in [0.717, 1.165) is 4.88 Å². The highest BCUT2D eigenvalue weighted by Crippen LogP contribution is 2.37. The molecule has 2 nitrogen and oxygen atoms in total. The summed E-state index contributed by atoms with van der Waals surface area (Å²) in [4.78, 5) is 5.13. The van der Waals surface area contributed by atoms with E-state index in [2.05, 4.69) is 25.8 Å². The lowest BCUT2D eigenvalue weighted by Gasteiger charge is -2.15. The van der Waals surface area contributed by atoms with Gasteiger partial charge in [0.1, 0.15) is 5.15 Å². The van der Waals surface area contributed by atoms with Gasteiger partial charge >= 0.3 is 0 Å². The minimum absolute atomic E-state index is 0.0472. The van der Waals surface area contributed by atoms with Crippen molar-refractivity contribution >= 4 is 22.9 Å². The number of nitrogens with zero attached hydrogens (tertiary/aromatic N) is 1. The maximum absolute atomic E-state index is 5.93. The normalized spacial score (nSPS) is 11.8. The third-order valence-corrected chi connectivity index (χ3v) is 3.25. The highest BCUT2D eigenvalue weighted by atomic mass is 35.5. The van der Waals surface area contributed by atoms with Gasteiger partial charge in [-0.25, -0.2) is 0 Å². The molecule has 0 saturated carbocycles. The molecule has 1 heterocycles. The molecule has 68 valence electrons. The van der Waals surface area contributed by atoms with E-state index < -0.39 is 0 Å². The zero-order valence-electron chi connectivity index (χ0n) is 7.64. The van der Waals surface area contributed by atoms with Crippen LogP contribution in [0.1, 0.15) is 25.6 Å². The molecule has 0 radical (unpaired) electrons. The summed E-state index contributed by atoms with van der Waals surface area (Å²) in [5.74, 6) is 0. The molecule has 0 fully saturated rings. The van der Waals surface area contributed by atoms with Gasteiger partial charge in [0.05, 0.1) is 12.0 Å². The molecular formula is C8H12ClNOS. The van der Waals surface area contributed by atoms with E-state index in [9.17, 15) is 0 Å². The highest BCUT2D eigenvalue weighted by molar-refractivity contribution is 7.14. The van der Waals surface area contributed by atoms with Gasteiger partial charge in [0.25, 0.3) is 5.19 Å². The van der Waals surface area contributed by atoms with Gasteiger partial charge in [-0.2, -0.15) is 4.98 Å². The first-order valence-corrected chi connectivity index (χ1v) is 4.85. The van der Waals surface area contributed by atoms with Gasteiger partial charge in [-0.3, -0.25) is 0 Å². The summed E-state index contributed by atoms with van der Waals surface area (Å²) in [6.07, 6.45) is 0. The second-order valence-electron chi connectivity index (χ2n) is 3.55. The van der Waals surface area contributed by atoms with E-state index in [1.165, 1.54) is 11.3 Å². The Morgan fingerprint density at radius 1 is 1.42 bits per heavy atom. The zero-order chi connectivity index (χ0) is 9.35. The number of aromatic nitrogens is 1. The van der Waals surface area contributed by atoms with Crippen LogP contribution in [-0.4, -0.2) is 12.1 Å². The molecule has 0 spiro atoms. The molecule has 0 aliphatic carbocycles. The molecule has 0 aromatic carbocycles. The lowest BCUT2D eigenvalue weighted by Crippen LogP contribution is -2.08. The third-order valence-electron chi connectivity index (χ3n) is 1.42. The molecular weight excluding hydrogens is 194 g/mol. The summed E-state index contributed by atoms with van der Waals surface area (Å²) in [6.45, 7) is 6.31. The molecule has 12 heavy (non-hydrogen) atoms. The number of hydrogen-bond acceptors (Lipinski definition) is 3. The van der Waals surface area contributed by atoms with Gasteiger partial charge < -0.3 is 4.74 Å². The quantitative estimate of drug-likeness (QED) is 0.703. The number of halogens is 1. The standard InChI is InChI=1S/C8H12ClNOS/c1-8(2,3)5-6(9)10-7(11-4)12-5/h1-4H3. The SMILES string of the molecule is COc1nc(Cl)c(C(C)(C)C)s1. The molecule has 1 rings (SSSR count). The Hall–Kier alpha value is -0.280. The van der Waals surface area contributed by atoms with Crippen molar-refractivity contribution in [2.75, 3.05) is 7.11 Å².